The molecule has 0 radical (unpaired) electrons. The van der Waals surface area contributed by atoms with Gasteiger partial charge in [-0.05, 0) is 55.0 Å². The molecule has 1 aliphatic rings. The largest absolute Gasteiger partial charge is 0.464 e. The van der Waals surface area contributed by atoms with Crippen molar-refractivity contribution in [2.24, 2.45) is 5.92 Å². The molecule has 4 aromatic rings. The highest BCUT2D eigenvalue weighted by molar-refractivity contribution is 7.52. The van der Waals surface area contributed by atoms with Crippen molar-refractivity contribution in [3.8, 4) is 18.1 Å². The van der Waals surface area contributed by atoms with Crippen LogP contribution >= 0.6 is 7.75 Å². The average molecular weight is 829 g/mol. The van der Waals surface area contributed by atoms with Crippen molar-refractivity contribution in [3.05, 3.63) is 78.1 Å². The molecule has 4 N–H and O–H groups in total. The highest BCUT2D eigenvalue weighted by atomic mass is 31.2. The zero-order chi connectivity index (χ0) is 41.7. The summed E-state index contributed by atoms with van der Waals surface area (Å²) < 4.78 is 82.9. The summed E-state index contributed by atoms with van der Waals surface area (Å²) in [5.41, 5.74) is 4.00. The van der Waals surface area contributed by atoms with Crippen molar-refractivity contribution in [1.29, 1.82) is 0 Å². The fourth-order valence-corrected chi connectivity index (χ4v) is 8.42. The van der Waals surface area contributed by atoms with Gasteiger partial charge in [-0.25, -0.2) is 18.3 Å². The number of terminal acetylenes is 1. The summed E-state index contributed by atoms with van der Waals surface area (Å²) in [6.45, 7) is 3.61. The molecule has 58 heavy (non-hydrogen) atoms. The van der Waals surface area contributed by atoms with Crippen LogP contribution in [0.2, 0.25) is 0 Å². The monoisotopic (exact) mass is 828 g/mol. The molecule has 17 heteroatoms. The molecular formula is C41H52F3N6O7P. The number of nitrogens with one attached hydrogen (secondary N) is 1. The van der Waals surface area contributed by atoms with Crippen LogP contribution in [-0.4, -0.2) is 61.6 Å². The molecule has 3 heterocycles. The van der Waals surface area contributed by atoms with Gasteiger partial charge in [0.05, 0.1) is 12.9 Å². The number of hydrogen-bond acceptors (Lipinski definition) is 11. The molecule has 1 aliphatic heterocycles. The number of carbonyl (C=O) groups is 1. The normalized spacial score (nSPS) is 19.6. The smallest absolute Gasteiger partial charge is 0.459 e. The summed E-state index contributed by atoms with van der Waals surface area (Å²) >= 11 is 0. The standard InChI is InChI=1S/C41H52F3N6O7P/c1-4-7-9-12-16-28(17-13-10-8-5-2)25-54-39(52)33(22-29-20-30(42)23-31(43)21-29)49-58(53,57-32-18-14-11-15-19-32)55-26-41(6-3)34(51)24-35(56-41)50-27-46-36-37(45)47-40(44)48-38(36)50/h3,11,14-15,18-21,23,27-28,33-35,51H,4-5,7-10,12-13,16-17,22,24-26H2,1-2H3,(H,49,53)(H2,45,47,48)/t33-,34-,35+,41+,58?/m0/s1. The molecule has 5 rings (SSSR count). The number of aliphatic hydroxyl groups excluding tert-OH is 1. The molecule has 1 fully saturated rings. The predicted molar refractivity (Wildman–Crippen MR) is 212 cm³/mol. The van der Waals surface area contributed by atoms with E-state index in [0.717, 1.165) is 76.3 Å². The maximum atomic E-state index is 14.8. The number of nitrogens with two attached hydrogens (primary N) is 1. The molecule has 0 spiro atoms. The van der Waals surface area contributed by atoms with Crippen LogP contribution in [0.4, 0.5) is 19.0 Å². The highest BCUT2D eigenvalue weighted by Gasteiger charge is 2.50. The minimum atomic E-state index is -4.71. The summed E-state index contributed by atoms with van der Waals surface area (Å²) in [5.74, 6) is -0.257. The summed E-state index contributed by atoms with van der Waals surface area (Å²) in [5, 5.41) is 14.0. The number of carbonyl (C=O) groups excluding carboxylic acids is 1. The highest BCUT2D eigenvalue weighted by Crippen LogP contribution is 2.48. The molecule has 0 bridgehead atoms. The molecule has 314 valence electrons. The number of ether oxygens (including phenoxy) is 2. The van der Waals surface area contributed by atoms with E-state index in [-0.39, 0.29) is 53.7 Å². The number of halogens is 3. The van der Waals surface area contributed by atoms with E-state index >= 15 is 0 Å². The number of aromatic nitrogens is 4. The number of unbranched alkanes of at least 4 members (excludes halogenated alkanes) is 6. The van der Waals surface area contributed by atoms with Gasteiger partial charge in [-0.2, -0.15) is 19.4 Å². The number of nitrogen functional groups attached to an aromatic ring is 1. The van der Waals surface area contributed by atoms with Crippen LogP contribution in [-0.2, 0) is 29.8 Å². The molecule has 5 atom stereocenters. The van der Waals surface area contributed by atoms with Crippen molar-refractivity contribution in [2.75, 3.05) is 18.9 Å². The number of imidazole rings is 1. The second-order valence-corrected chi connectivity index (χ2v) is 16.3. The van der Waals surface area contributed by atoms with E-state index < -0.39 is 62.0 Å². The third-order valence-electron chi connectivity index (χ3n) is 10.1. The SMILES string of the molecule is C#C[C@]1(COP(=O)(N[C@@H](Cc2cc(F)cc(F)c2)C(=O)OCC(CCCCCC)CCCCCC)Oc2ccccc2)O[C@@H](n2cnc3c(N)nc(F)nc32)C[C@@H]1O. The van der Waals surface area contributed by atoms with Gasteiger partial charge < -0.3 is 24.8 Å². The summed E-state index contributed by atoms with van der Waals surface area (Å²) in [4.78, 5) is 25.4. The van der Waals surface area contributed by atoms with Crippen LogP contribution in [0.1, 0.15) is 96.3 Å². The van der Waals surface area contributed by atoms with Crippen LogP contribution in [0.15, 0.2) is 54.9 Å². The van der Waals surface area contributed by atoms with Crippen molar-refractivity contribution >= 4 is 30.7 Å². The number of anilines is 1. The molecule has 1 saturated heterocycles. The first kappa shape index (κ1) is 44.6. The fourth-order valence-electron chi connectivity index (χ4n) is 6.90. The van der Waals surface area contributed by atoms with Gasteiger partial charge in [0.2, 0.25) is 0 Å². The van der Waals surface area contributed by atoms with Crippen LogP contribution in [0.3, 0.4) is 0 Å². The van der Waals surface area contributed by atoms with Gasteiger partial charge in [0, 0.05) is 12.5 Å². The Labute approximate surface area is 336 Å². The average Bonchev–Trinajstić information content (AvgIpc) is 3.76. The first-order valence-electron chi connectivity index (χ1n) is 19.7. The molecule has 2 aromatic heterocycles. The molecule has 0 saturated carbocycles. The Morgan fingerprint density at radius 3 is 2.38 bits per heavy atom. The summed E-state index contributed by atoms with van der Waals surface area (Å²) in [7, 11) is -4.71. The number of aliphatic hydroxyl groups is 1. The molecule has 13 nitrogen and oxygen atoms in total. The van der Waals surface area contributed by atoms with Crippen molar-refractivity contribution in [3.63, 3.8) is 0 Å². The van der Waals surface area contributed by atoms with Crippen molar-refractivity contribution < 1.29 is 46.2 Å². The Kier molecular flexibility index (Phi) is 16.1. The van der Waals surface area contributed by atoms with Gasteiger partial charge in [-0.15, -0.1) is 6.42 Å². The third kappa shape index (κ3) is 12.0. The van der Waals surface area contributed by atoms with E-state index in [0.29, 0.717) is 6.07 Å². The number of rotatable bonds is 23. The second-order valence-electron chi connectivity index (χ2n) is 14.6. The Hall–Kier alpha value is -4.52. The Balaban J connectivity index is 1.40. The van der Waals surface area contributed by atoms with Gasteiger partial charge in [0.25, 0.3) is 0 Å². The van der Waals surface area contributed by atoms with Gasteiger partial charge in [0.1, 0.15) is 42.4 Å². The minimum Gasteiger partial charge on any atom is -0.464 e. The number of nitrogens with zero attached hydrogens (tertiary/aromatic N) is 4. The Morgan fingerprint density at radius 1 is 1.07 bits per heavy atom. The van der Waals surface area contributed by atoms with Gasteiger partial charge in [-0.3, -0.25) is 13.9 Å². The molecule has 1 unspecified atom stereocenters. The van der Waals surface area contributed by atoms with E-state index in [4.69, 9.17) is 30.7 Å². The number of fused-ring (bicyclic) bond motifs is 1. The lowest BCUT2D eigenvalue weighted by Crippen LogP contribution is -2.44. The first-order valence-corrected chi connectivity index (χ1v) is 21.3. The lowest BCUT2D eigenvalue weighted by molar-refractivity contribution is -0.147. The fraction of sp³-hybridized carbons (Fsp3) is 0.512. The summed E-state index contributed by atoms with van der Waals surface area (Å²) in [6, 6.07) is 9.24. The predicted octanol–water partition coefficient (Wildman–Crippen LogP) is 7.98. The van der Waals surface area contributed by atoms with Crippen LogP contribution < -0.4 is 15.3 Å². The molecular weight excluding hydrogens is 776 g/mol. The molecule has 0 amide bonds. The number of hydrogen-bond donors (Lipinski definition) is 3. The van der Waals surface area contributed by atoms with Crippen molar-refractivity contribution in [2.45, 2.75) is 115 Å². The van der Waals surface area contributed by atoms with Crippen LogP contribution in [0.25, 0.3) is 11.2 Å². The zero-order valence-corrected chi connectivity index (χ0v) is 33.7. The Bertz CT molecular complexity index is 2020. The minimum absolute atomic E-state index is 0.0185. The first-order chi connectivity index (χ1) is 27.9. The van der Waals surface area contributed by atoms with Gasteiger partial charge >= 0.3 is 19.8 Å². The van der Waals surface area contributed by atoms with Crippen LogP contribution in [0, 0.1) is 36.0 Å². The van der Waals surface area contributed by atoms with Crippen LogP contribution in [0.5, 0.6) is 5.75 Å². The molecule has 0 aliphatic carbocycles. The van der Waals surface area contributed by atoms with Gasteiger partial charge in [-0.1, -0.05) is 89.3 Å². The Morgan fingerprint density at radius 2 is 1.74 bits per heavy atom. The van der Waals surface area contributed by atoms with E-state index in [1.54, 1.807) is 18.2 Å². The van der Waals surface area contributed by atoms with E-state index in [2.05, 4.69) is 39.8 Å². The lowest BCUT2D eigenvalue weighted by atomic mass is 9.95. The topological polar surface area (TPSA) is 173 Å². The maximum Gasteiger partial charge on any atom is 0.459 e. The van der Waals surface area contributed by atoms with Crippen molar-refractivity contribution in [1.82, 2.24) is 24.6 Å². The second kappa shape index (κ2) is 20.9. The third-order valence-corrected chi connectivity index (χ3v) is 11.6. The van der Waals surface area contributed by atoms with E-state index in [1.165, 1.54) is 23.0 Å². The zero-order valence-electron chi connectivity index (χ0n) is 32.8. The maximum absolute atomic E-state index is 14.8. The van der Waals surface area contributed by atoms with E-state index in [9.17, 15) is 27.6 Å². The number of esters is 1. The molecule has 2 aromatic carbocycles. The number of para-hydroxylation sites is 1. The lowest BCUT2D eigenvalue weighted by Gasteiger charge is -2.30. The number of benzene rings is 2. The van der Waals surface area contributed by atoms with E-state index in [1.807, 2.05) is 0 Å². The van der Waals surface area contributed by atoms with Gasteiger partial charge in [0.15, 0.2) is 22.6 Å². The quantitative estimate of drug-likeness (QED) is 0.0217. The summed E-state index contributed by atoms with van der Waals surface area (Å²) in [6.07, 6.45) is 13.2.